The third-order valence-corrected chi connectivity index (χ3v) is 4.51. The molecule has 0 bridgehead atoms. The summed E-state index contributed by atoms with van der Waals surface area (Å²) >= 11 is 0. The fourth-order valence-electron chi connectivity index (χ4n) is 2.90. The van der Waals surface area contributed by atoms with E-state index < -0.39 is 10.0 Å². The normalized spacial score (nSPS) is 11.4. The number of imidazole rings is 1. The summed E-state index contributed by atoms with van der Waals surface area (Å²) in [6.07, 6.45) is 4.57. The number of ether oxygens (including phenoxy) is 1. The van der Waals surface area contributed by atoms with Gasteiger partial charge in [0.15, 0.2) is 0 Å². The molecule has 142 valence electrons. The van der Waals surface area contributed by atoms with Gasteiger partial charge in [-0.25, -0.2) is 13.4 Å². The smallest absolute Gasteiger partial charge is 0.245 e. The van der Waals surface area contributed by atoms with E-state index in [-0.39, 0.29) is 11.6 Å². The summed E-state index contributed by atoms with van der Waals surface area (Å²) in [4.78, 5) is 8.71. The van der Waals surface area contributed by atoms with Crippen LogP contribution in [0.2, 0.25) is 0 Å². The van der Waals surface area contributed by atoms with Gasteiger partial charge in [0.05, 0.1) is 11.9 Å². The van der Waals surface area contributed by atoms with Gasteiger partial charge in [-0.2, -0.15) is 4.98 Å². The summed E-state index contributed by atoms with van der Waals surface area (Å²) < 4.78 is 33.7. The van der Waals surface area contributed by atoms with Crippen LogP contribution in [0.4, 0.5) is 5.69 Å². The lowest BCUT2D eigenvalue weighted by Gasteiger charge is -2.16. The first-order valence-corrected chi connectivity index (χ1v) is 10.3. The summed E-state index contributed by atoms with van der Waals surface area (Å²) in [5, 5.41) is 0. The summed E-state index contributed by atoms with van der Waals surface area (Å²) in [6.45, 7) is 7.79. The lowest BCUT2D eigenvalue weighted by Crippen LogP contribution is -2.12. The minimum Gasteiger partial charge on any atom is -0.436 e. The van der Waals surface area contributed by atoms with Crippen molar-refractivity contribution in [1.29, 1.82) is 0 Å². The van der Waals surface area contributed by atoms with Crippen molar-refractivity contribution in [3.05, 3.63) is 59.2 Å². The molecule has 0 amide bonds. The van der Waals surface area contributed by atoms with E-state index in [1.165, 1.54) is 0 Å². The molecule has 3 aromatic rings. The van der Waals surface area contributed by atoms with Gasteiger partial charge in [0.2, 0.25) is 15.9 Å². The third kappa shape index (κ3) is 4.46. The highest BCUT2D eigenvalue weighted by molar-refractivity contribution is 7.92. The molecule has 0 saturated heterocycles. The molecular formula is C19H22N4O3S. The van der Waals surface area contributed by atoms with E-state index >= 15 is 0 Å². The van der Waals surface area contributed by atoms with Crippen molar-refractivity contribution < 1.29 is 13.2 Å². The summed E-state index contributed by atoms with van der Waals surface area (Å²) in [5.41, 5.74) is 4.15. The highest BCUT2D eigenvalue weighted by Gasteiger charge is 2.16. The van der Waals surface area contributed by atoms with Crippen molar-refractivity contribution in [3.63, 3.8) is 0 Å². The average Bonchev–Trinajstić information content (AvgIpc) is 2.97. The van der Waals surface area contributed by atoms with Crippen molar-refractivity contribution in [1.82, 2.24) is 14.5 Å². The molecular weight excluding hydrogens is 364 g/mol. The predicted octanol–water partition coefficient (Wildman–Crippen LogP) is 3.66. The maximum Gasteiger partial charge on any atom is 0.245 e. The first-order valence-electron chi connectivity index (χ1n) is 8.38. The van der Waals surface area contributed by atoms with E-state index in [1.807, 2.05) is 46.0 Å². The number of anilines is 1. The van der Waals surface area contributed by atoms with Crippen LogP contribution in [0.15, 0.2) is 36.8 Å². The second-order valence-corrected chi connectivity index (χ2v) is 8.40. The van der Waals surface area contributed by atoms with E-state index in [1.54, 1.807) is 23.0 Å². The van der Waals surface area contributed by atoms with Crippen molar-refractivity contribution in [3.8, 4) is 17.4 Å². The van der Waals surface area contributed by atoms with Gasteiger partial charge in [-0.1, -0.05) is 17.7 Å². The molecule has 8 heteroatoms. The summed E-state index contributed by atoms with van der Waals surface area (Å²) in [6, 6.07) is 7.35. The van der Waals surface area contributed by atoms with Crippen LogP contribution in [0.1, 0.15) is 22.4 Å². The fourth-order valence-corrected chi connectivity index (χ4v) is 3.46. The minimum absolute atomic E-state index is 0.180. The van der Waals surface area contributed by atoms with Crippen LogP contribution in [0.25, 0.3) is 5.82 Å². The Balaban J connectivity index is 2.10. The largest absolute Gasteiger partial charge is 0.436 e. The topological polar surface area (TPSA) is 86.1 Å². The van der Waals surface area contributed by atoms with E-state index in [4.69, 9.17) is 4.74 Å². The van der Waals surface area contributed by atoms with Gasteiger partial charge in [0.1, 0.15) is 23.6 Å². The van der Waals surface area contributed by atoms with Gasteiger partial charge in [-0.15, -0.1) is 0 Å². The Morgan fingerprint density at radius 2 is 1.74 bits per heavy atom. The number of nitrogens with one attached hydrogen (secondary N) is 1. The van der Waals surface area contributed by atoms with Gasteiger partial charge in [-0.3, -0.25) is 9.29 Å². The fraction of sp³-hybridized carbons (Fsp3) is 0.263. The van der Waals surface area contributed by atoms with Gasteiger partial charge in [0, 0.05) is 6.20 Å². The molecule has 0 unspecified atom stereocenters. The number of sulfonamides is 1. The van der Waals surface area contributed by atoms with Crippen LogP contribution >= 0.6 is 0 Å². The molecule has 3 rings (SSSR count). The molecule has 7 nitrogen and oxygen atoms in total. The number of aromatic nitrogens is 3. The minimum atomic E-state index is -3.48. The van der Waals surface area contributed by atoms with E-state index in [0.29, 0.717) is 11.6 Å². The Kier molecular flexibility index (Phi) is 4.93. The molecule has 0 aliphatic heterocycles. The molecule has 0 atom stereocenters. The van der Waals surface area contributed by atoms with Crippen molar-refractivity contribution >= 4 is 15.7 Å². The number of rotatable bonds is 5. The Labute approximate surface area is 159 Å². The molecule has 0 radical (unpaired) electrons. The highest BCUT2D eigenvalue weighted by Crippen LogP contribution is 2.33. The van der Waals surface area contributed by atoms with Crippen LogP contribution in [-0.2, 0) is 10.0 Å². The quantitative estimate of drug-likeness (QED) is 0.723. The van der Waals surface area contributed by atoms with E-state index in [2.05, 4.69) is 14.7 Å². The maximum absolute atomic E-state index is 11.7. The Bertz CT molecular complexity index is 1080. The third-order valence-electron chi connectivity index (χ3n) is 3.92. The van der Waals surface area contributed by atoms with Crippen LogP contribution in [0.3, 0.4) is 0 Å². The molecule has 1 N–H and O–H groups in total. The molecule has 0 aliphatic rings. The molecule has 0 fully saturated rings. The van der Waals surface area contributed by atoms with Crippen LogP contribution < -0.4 is 9.46 Å². The number of hydrogen-bond donors (Lipinski definition) is 1. The van der Waals surface area contributed by atoms with Gasteiger partial charge in [-0.05, 0) is 51.0 Å². The molecule has 0 spiro atoms. The second-order valence-electron chi connectivity index (χ2n) is 6.65. The monoisotopic (exact) mass is 386 g/mol. The maximum atomic E-state index is 11.7. The van der Waals surface area contributed by atoms with Crippen molar-refractivity contribution in [2.24, 2.45) is 0 Å². The predicted molar refractivity (Wildman–Crippen MR) is 105 cm³/mol. The zero-order valence-electron chi connectivity index (χ0n) is 15.9. The van der Waals surface area contributed by atoms with E-state index in [9.17, 15) is 8.42 Å². The lowest BCUT2D eigenvalue weighted by atomic mass is 10.1. The molecule has 1 aromatic carbocycles. The average molecular weight is 386 g/mol. The molecule has 0 aliphatic carbocycles. The summed E-state index contributed by atoms with van der Waals surface area (Å²) in [5.74, 6) is 1.41. The van der Waals surface area contributed by atoms with Gasteiger partial charge >= 0.3 is 0 Å². The Morgan fingerprint density at radius 1 is 1.07 bits per heavy atom. The lowest BCUT2D eigenvalue weighted by molar-refractivity contribution is 0.457. The van der Waals surface area contributed by atoms with Crippen LogP contribution in [0.5, 0.6) is 11.6 Å². The molecule has 0 saturated carbocycles. The van der Waals surface area contributed by atoms with Crippen molar-refractivity contribution in [2.75, 3.05) is 11.0 Å². The zero-order valence-corrected chi connectivity index (χ0v) is 16.8. The molecule has 2 aromatic heterocycles. The Hall–Kier alpha value is -2.87. The van der Waals surface area contributed by atoms with Crippen LogP contribution in [-0.4, -0.2) is 29.2 Å². The van der Waals surface area contributed by atoms with Gasteiger partial charge < -0.3 is 4.74 Å². The second kappa shape index (κ2) is 7.03. The standard InChI is InChI=1S/C19H22N4O3S/c1-12-8-13(2)18(14(3)9-12)26-19-16(22-27(5,24)25)6-7-17(21-19)23-10-15(4)20-11-23/h6-11,22H,1-5H3. The molecule has 27 heavy (non-hydrogen) atoms. The number of hydrogen-bond acceptors (Lipinski definition) is 5. The van der Waals surface area contributed by atoms with Crippen LogP contribution in [0, 0.1) is 27.7 Å². The Morgan fingerprint density at radius 3 is 2.30 bits per heavy atom. The number of nitrogens with zero attached hydrogens (tertiary/aromatic N) is 3. The highest BCUT2D eigenvalue weighted by atomic mass is 32.2. The zero-order chi connectivity index (χ0) is 19.8. The first kappa shape index (κ1) is 18.9. The molecule has 2 heterocycles. The van der Waals surface area contributed by atoms with Crippen molar-refractivity contribution in [2.45, 2.75) is 27.7 Å². The van der Waals surface area contributed by atoms with E-state index in [0.717, 1.165) is 28.6 Å². The number of pyridine rings is 1. The number of benzene rings is 1. The number of aryl methyl sites for hydroxylation is 4. The first-order chi connectivity index (χ1) is 12.6. The summed E-state index contributed by atoms with van der Waals surface area (Å²) in [7, 11) is -3.48. The SMILES string of the molecule is Cc1cc(C)c(Oc2nc(-n3cnc(C)c3)ccc2NS(C)(=O)=O)c(C)c1. The van der Waals surface area contributed by atoms with Gasteiger partial charge in [0.25, 0.3) is 0 Å².